The smallest absolute Gasteiger partial charge is 0.227 e. The van der Waals surface area contributed by atoms with Gasteiger partial charge >= 0.3 is 0 Å². The van der Waals surface area contributed by atoms with E-state index in [1.165, 1.54) is 0 Å². The first-order valence-electron chi connectivity index (χ1n) is 7.13. The molecule has 0 saturated heterocycles. The zero-order chi connectivity index (χ0) is 14.3. The number of nitrogens with one attached hydrogen (secondary N) is 1. The molecular weight excluding hydrogens is 236 g/mol. The van der Waals surface area contributed by atoms with Crippen LogP contribution in [0.3, 0.4) is 0 Å². The van der Waals surface area contributed by atoms with Crippen LogP contribution in [-0.4, -0.2) is 18.0 Å². The van der Waals surface area contributed by atoms with Crippen LogP contribution in [0.15, 0.2) is 30.3 Å². The molecule has 1 amide bonds. The van der Waals surface area contributed by atoms with Gasteiger partial charge in [-0.25, -0.2) is 0 Å². The first-order valence-corrected chi connectivity index (χ1v) is 7.13. The molecule has 3 N–H and O–H groups in total. The lowest BCUT2D eigenvalue weighted by Crippen LogP contribution is -2.48. The second-order valence-electron chi connectivity index (χ2n) is 5.31. The quantitative estimate of drug-likeness (QED) is 0.794. The Morgan fingerprint density at radius 1 is 1.32 bits per heavy atom. The predicted molar refractivity (Wildman–Crippen MR) is 80.0 cm³/mol. The maximum atomic E-state index is 12.5. The lowest BCUT2D eigenvalue weighted by molar-refractivity contribution is -0.124. The SMILES string of the molecule is CCC(C(=O)NC(C)(CC)CCN)c1ccccc1. The molecule has 3 heteroatoms. The van der Waals surface area contributed by atoms with Crippen molar-refractivity contribution in [1.82, 2.24) is 5.32 Å². The predicted octanol–water partition coefficient (Wildman–Crippen LogP) is 2.81. The summed E-state index contributed by atoms with van der Waals surface area (Å²) in [6.45, 7) is 6.78. The number of carbonyl (C=O) groups is 1. The van der Waals surface area contributed by atoms with Gasteiger partial charge in [-0.05, 0) is 38.3 Å². The van der Waals surface area contributed by atoms with Gasteiger partial charge in [-0.3, -0.25) is 4.79 Å². The number of nitrogens with two attached hydrogens (primary N) is 1. The van der Waals surface area contributed by atoms with Crippen LogP contribution in [-0.2, 0) is 4.79 Å². The number of carbonyl (C=O) groups excluding carboxylic acids is 1. The van der Waals surface area contributed by atoms with Crippen LogP contribution in [0.5, 0.6) is 0 Å². The summed E-state index contributed by atoms with van der Waals surface area (Å²) in [5, 5.41) is 3.17. The number of benzene rings is 1. The van der Waals surface area contributed by atoms with E-state index in [1.54, 1.807) is 0 Å². The van der Waals surface area contributed by atoms with Gasteiger partial charge in [-0.2, -0.15) is 0 Å². The Morgan fingerprint density at radius 3 is 2.42 bits per heavy atom. The van der Waals surface area contributed by atoms with E-state index in [-0.39, 0.29) is 17.4 Å². The van der Waals surface area contributed by atoms with E-state index in [2.05, 4.69) is 19.2 Å². The minimum atomic E-state index is -0.200. The van der Waals surface area contributed by atoms with Crippen molar-refractivity contribution in [3.05, 3.63) is 35.9 Å². The molecule has 0 fully saturated rings. The monoisotopic (exact) mass is 262 g/mol. The van der Waals surface area contributed by atoms with Crippen molar-refractivity contribution >= 4 is 5.91 Å². The standard InChI is InChI=1S/C16H26N2O/c1-4-14(13-9-7-6-8-10-13)15(19)18-16(3,5-2)11-12-17/h6-10,14H,4-5,11-12,17H2,1-3H3,(H,18,19). The van der Waals surface area contributed by atoms with E-state index in [0.717, 1.165) is 24.8 Å². The third-order valence-corrected chi connectivity index (χ3v) is 3.83. The molecule has 0 aliphatic heterocycles. The molecule has 2 unspecified atom stereocenters. The fourth-order valence-electron chi connectivity index (χ4n) is 2.29. The number of hydrogen-bond donors (Lipinski definition) is 2. The molecule has 0 spiro atoms. The van der Waals surface area contributed by atoms with Crippen LogP contribution in [0.4, 0.5) is 0 Å². The van der Waals surface area contributed by atoms with Gasteiger partial charge in [0.2, 0.25) is 5.91 Å². The Labute approximate surface area is 116 Å². The van der Waals surface area contributed by atoms with Crippen molar-refractivity contribution in [2.24, 2.45) is 5.73 Å². The van der Waals surface area contributed by atoms with Crippen LogP contribution in [0.2, 0.25) is 0 Å². The second kappa shape index (κ2) is 7.29. The molecule has 0 aliphatic carbocycles. The summed E-state index contributed by atoms with van der Waals surface area (Å²) in [7, 11) is 0. The molecule has 0 bridgehead atoms. The van der Waals surface area contributed by atoms with Crippen molar-refractivity contribution in [1.29, 1.82) is 0 Å². The first kappa shape index (κ1) is 15.7. The van der Waals surface area contributed by atoms with Crippen LogP contribution in [0.1, 0.15) is 51.5 Å². The van der Waals surface area contributed by atoms with Crippen LogP contribution in [0.25, 0.3) is 0 Å². The van der Waals surface area contributed by atoms with Gasteiger partial charge in [0.05, 0.1) is 5.92 Å². The molecule has 2 atom stereocenters. The summed E-state index contributed by atoms with van der Waals surface area (Å²) in [4.78, 5) is 12.5. The fraction of sp³-hybridized carbons (Fsp3) is 0.562. The second-order valence-corrected chi connectivity index (χ2v) is 5.31. The lowest BCUT2D eigenvalue weighted by atomic mass is 9.90. The molecule has 1 rings (SSSR count). The highest BCUT2D eigenvalue weighted by Crippen LogP contribution is 2.22. The van der Waals surface area contributed by atoms with E-state index in [4.69, 9.17) is 5.73 Å². The van der Waals surface area contributed by atoms with Crippen LogP contribution >= 0.6 is 0 Å². The van der Waals surface area contributed by atoms with Crippen molar-refractivity contribution in [3.8, 4) is 0 Å². The van der Waals surface area contributed by atoms with Crippen molar-refractivity contribution < 1.29 is 4.79 Å². The Hall–Kier alpha value is -1.35. The van der Waals surface area contributed by atoms with E-state index >= 15 is 0 Å². The zero-order valence-corrected chi connectivity index (χ0v) is 12.3. The van der Waals surface area contributed by atoms with E-state index in [1.807, 2.05) is 37.3 Å². The average molecular weight is 262 g/mol. The molecule has 0 aromatic heterocycles. The van der Waals surface area contributed by atoms with E-state index < -0.39 is 0 Å². The molecule has 0 saturated carbocycles. The molecule has 106 valence electrons. The molecule has 0 radical (unpaired) electrons. The topological polar surface area (TPSA) is 55.1 Å². The molecule has 0 heterocycles. The summed E-state index contributed by atoms with van der Waals surface area (Å²) < 4.78 is 0. The number of amides is 1. The fourth-order valence-corrected chi connectivity index (χ4v) is 2.29. The minimum absolute atomic E-state index is 0.0788. The number of hydrogen-bond acceptors (Lipinski definition) is 2. The van der Waals surface area contributed by atoms with Crippen LogP contribution < -0.4 is 11.1 Å². The Bertz CT molecular complexity index is 391. The molecule has 19 heavy (non-hydrogen) atoms. The third kappa shape index (κ3) is 4.35. The zero-order valence-electron chi connectivity index (χ0n) is 12.3. The number of rotatable bonds is 7. The lowest BCUT2D eigenvalue weighted by Gasteiger charge is -2.31. The highest BCUT2D eigenvalue weighted by molar-refractivity contribution is 5.84. The Balaban J connectivity index is 2.80. The normalized spacial score (nSPS) is 15.6. The molecule has 1 aromatic rings. The minimum Gasteiger partial charge on any atom is -0.350 e. The van der Waals surface area contributed by atoms with Gasteiger partial charge in [0.1, 0.15) is 0 Å². The van der Waals surface area contributed by atoms with Gasteiger partial charge in [0.25, 0.3) is 0 Å². The van der Waals surface area contributed by atoms with Gasteiger partial charge in [-0.15, -0.1) is 0 Å². The van der Waals surface area contributed by atoms with E-state index in [9.17, 15) is 4.79 Å². The van der Waals surface area contributed by atoms with Crippen molar-refractivity contribution in [3.63, 3.8) is 0 Å². The highest BCUT2D eigenvalue weighted by Gasteiger charge is 2.27. The largest absolute Gasteiger partial charge is 0.350 e. The van der Waals surface area contributed by atoms with Gasteiger partial charge in [-0.1, -0.05) is 44.2 Å². The molecular formula is C16H26N2O. The van der Waals surface area contributed by atoms with E-state index in [0.29, 0.717) is 6.54 Å². The summed E-state index contributed by atoms with van der Waals surface area (Å²) in [5.41, 5.74) is 6.51. The maximum Gasteiger partial charge on any atom is 0.227 e. The first-order chi connectivity index (χ1) is 9.06. The summed E-state index contributed by atoms with van der Waals surface area (Å²) in [6, 6.07) is 9.95. The molecule has 3 nitrogen and oxygen atoms in total. The summed E-state index contributed by atoms with van der Waals surface area (Å²) in [6.07, 6.45) is 2.50. The maximum absolute atomic E-state index is 12.5. The van der Waals surface area contributed by atoms with Gasteiger partial charge < -0.3 is 11.1 Å². The average Bonchev–Trinajstić information content (AvgIpc) is 2.41. The Kier molecular flexibility index (Phi) is 6.03. The Morgan fingerprint density at radius 2 is 1.95 bits per heavy atom. The summed E-state index contributed by atoms with van der Waals surface area (Å²) >= 11 is 0. The van der Waals surface area contributed by atoms with Crippen molar-refractivity contribution in [2.45, 2.75) is 51.5 Å². The summed E-state index contributed by atoms with van der Waals surface area (Å²) in [5.74, 6) is 0.0244. The van der Waals surface area contributed by atoms with Crippen LogP contribution in [0, 0.1) is 0 Å². The van der Waals surface area contributed by atoms with Crippen molar-refractivity contribution in [2.75, 3.05) is 6.54 Å². The molecule has 1 aromatic carbocycles. The van der Waals surface area contributed by atoms with Gasteiger partial charge in [0.15, 0.2) is 0 Å². The highest BCUT2D eigenvalue weighted by atomic mass is 16.2. The molecule has 0 aliphatic rings. The van der Waals surface area contributed by atoms with Gasteiger partial charge in [0, 0.05) is 5.54 Å². The third-order valence-electron chi connectivity index (χ3n) is 3.83.